The Morgan fingerprint density at radius 3 is 1.50 bits per heavy atom. The van der Waals surface area contributed by atoms with Crippen LogP contribution >= 0.6 is 0 Å². The Labute approximate surface area is 65.6 Å². The first-order valence-corrected chi connectivity index (χ1v) is 3.17. The summed E-state index contributed by atoms with van der Waals surface area (Å²) < 4.78 is 0. The third-order valence-electron chi connectivity index (χ3n) is 1.40. The molecule has 1 aliphatic rings. The maximum absolute atomic E-state index is 5.52. The molecule has 3 nitrogen and oxygen atoms in total. The fourth-order valence-electron chi connectivity index (χ4n) is 0.910. The summed E-state index contributed by atoms with van der Waals surface area (Å²) >= 11 is 0. The van der Waals surface area contributed by atoms with Gasteiger partial charge in [0.15, 0.2) is 23.9 Å². The second kappa shape index (κ2) is 3.46. The van der Waals surface area contributed by atoms with Gasteiger partial charge < -0.3 is 14.4 Å². The molecule has 0 spiro atoms. The monoisotopic (exact) mass is 131 g/mol. The molecule has 10 heavy (non-hydrogen) atoms. The van der Waals surface area contributed by atoms with Crippen LogP contribution in [0.15, 0.2) is 0 Å². The maximum Gasteiger partial charge on any atom is 0.185 e. The first-order chi connectivity index (χ1) is 4.68. The van der Waals surface area contributed by atoms with E-state index in [0.717, 1.165) is 13.1 Å². The third-order valence-corrected chi connectivity index (χ3v) is 1.40. The molecule has 0 N–H and O–H groups in total. The van der Waals surface area contributed by atoms with Gasteiger partial charge in [-0.1, -0.05) is 0 Å². The van der Waals surface area contributed by atoms with Crippen molar-refractivity contribution in [3.05, 3.63) is 0 Å². The molecule has 6 heteroatoms. The highest BCUT2D eigenvalue weighted by molar-refractivity contribution is 6.08. The van der Waals surface area contributed by atoms with Crippen LogP contribution in [0.5, 0.6) is 0 Å². The van der Waals surface area contributed by atoms with Gasteiger partial charge >= 0.3 is 0 Å². The Bertz CT molecular complexity index is 99.9. The molecule has 1 rings (SSSR count). The minimum absolute atomic E-state index is 0.563. The van der Waals surface area contributed by atoms with Gasteiger partial charge in [-0.05, 0) is 13.1 Å². The highest BCUT2D eigenvalue weighted by Crippen LogP contribution is 1.95. The lowest BCUT2D eigenvalue weighted by Crippen LogP contribution is -2.35. The van der Waals surface area contributed by atoms with E-state index >= 15 is 0 Å². The van der Waals surface area contributed by atoms with Gasteiger partial charge in [-0.3, -0.25) is 0 Å². The maximum atomic E-state index is 5.52. The second-order valence-electron chi connectivity index (χ2n) is 2.50. The van der Waals surface area contributed by atoms with Crippen molar-refractivity contribution in [2.24, 2.45) is 0 Å². The van der Waals surface area contributed by atoms with E-state index in [1.54, 1.807) is 14.4 Å². The average molecular weight is 131 g/mol. The van der Waals surface area contributed by atoms with Crippen molar-refractivity contribution in [3.63, 3.8) is 0 Å². The summed E-state index contributed by atoms with van der Waals surface area (Å²) in [7, 11) is 16.5. The molecule has 1 saturated heterocycles. The van der Waals surface area contributed by atoms with Crippen LogP contribution in [0, 0.1) is 0 Å². The van der Waals surface area contributed by atoms with E-state index < -0.39 is 0 Å². The molecular formula is C4H8B3N3. The van der Waals surface area contributed by atoms with E-state index in [0.29, 0.717) is 13.3 Å². The summed E-state index contributed by atoms with van der Waals surface area (Å²) in [4.78, 5) is 4.83. The number of nitrogens with zero attached hydrogens (tertiary/aromatic N) is 3. The average Bonchev–Trinajstić information content (AvgIpc) is 1.93. The van der Waals surface area contributed by atoms with Gasteiger partial charge in [0.2, 0.25) is 0 Å². The molecule has 0 aromatic rings. The van der Waals surface area contributed by atoms with Crippen LogP contribution in [-0.2, 0) is 0 Å². The zero-order chi connectivity index (χ0) is 7.56. The van der Waals surface area contributed by atoms with E-state index in [-0.39, 0.29) is 0 Å². The fourth-order valence-corrected chi connectivity index (χ4v) is 0.910. The third kappa shape index (κ3) is 2.36. The molecule has 0 atom stereocenters. The molecule has 0 bridgehead atoms. The fraction of sp³-hybridized carbons (Fsp3) is 1.00. The lowest BCUT2D eigenvalue weighted by molar-refractivity contribution is 0.314. The van der Waals surface area contributed by atoms with Crippen LogP contribution in [0.2, 0.25) is 0 Å². The zero-order valence-corrected chi connectivity index (χ0v) is 5.90. The summed E-state index contributed by atoms with van der Waals surface area (Å²) in [5.41, 5.74) is 0. The van der Waals surface area contributed by atoms with Gasteiger partial charge in [0.25, 0.3) is 0 Å². The predicted octanol–water partition coefficient (Wildman–Crippen LogP) is -1.93. The van der Waals surface area contributed by atoms with E-state index in [1.165, 1.54) is 0 Å². The van der Waals surface area contributed by atoms with E-state index in [2.05, 4.69) is 0 Å². The first kappa shape index (κ1) is 8.17. The molecule has 6 radical (unpaired) electrons. The number of hydrogen-bond donors (Lipinski definition) is 0. The largest absolute Gasteiger partial charge is 0.342 e. The van der Waals surface area contributed by atoms with Crippen molar-refractivity contribution >= 4 is 23.9 Å². The molecule has 1 aliphatic heterocycles. The Kier molecular flexibility index (Phi) is 2.83. The summed E-state index contributed by atoms with van der Waals surface area (Å²) in [5, 5.41) is 0. The second-order valence-corrected chi connectivity index (χ2v) is 2.50. The highest BCUT2D eigenvalue weighted by atomic mass is 15.3. The van der Waals surface area contributed by atoms with E-state index in [1.807, 2.05) is 0 Å². The SMILES string of the molecule is [B]N1CCN([B])CN([B])C1. The standard InChI is InChI=1S/C4H8B3N3/c5-8-1-2-9(6)4-10(7)3-8/h1-4H2. The van der Waals surface area contributed by atoms with Crippen molar-refractivity contribution in [2.45, 2.75) is 0 Å². The first-order valence-electron chi connectivity index (χ1n) is 3.17. The van der Waals surface area contributed by atoms with Crippen molar-refractivity contribution in [1.29, 1.82) is 0 Å². The minimum Gasteiger partial charge on any atom is -0.342 e. The minimum atomic E-state index is 0.563. The van der Waals surface area contributed by atoms with Crippen LogP contribution in [0.3, 0.4) is 0 Å². The smallest absolute Gasteiger partial charge is 0.185 e. The Hall–Kier alpha value is 0.0748. The molecule has 48 valence electrons. The lowest BCUT2D eigenvalue weighted by atomic mass is 10.3. The van der Waals surface area contributed by atoms with Crippen LogP contribution in [0.25, 0.3) is 0 Å². The summed E-state index contributed by atoms with van der Waals surface area (Å²) in [6.45, 7) is 2.63. The normalized spacial score (nSPS) is 26.4. The van der Waals surface area contributed by atoms with Crippen molar-refractivity contribution in [3.8, 4) is 0 Å². The molecule has 0 unspecified atom stereocenters. The molecule has 0 saturated carbocycles. The molecule has 0 aromatic carbocycles. The Balaban J connectivity index is 2.38. The Morgan fingerprint density at radius 1 is 0.700 bits per heavy atom. The topological polar surface area (TPSA) is 9.72 Å². The van der Waals surface area contributed by atoms with Gasteiger partial charge in [-0.2, -0.15) is 0 Å². The van der Waals surface area contributed by atoms with Gasteiger partial charge in [0, 0.05) is 13.3 Å². The summed E-state index contributed by atoms with van der Waals surface area (Å²) in [5.74, 6) is 0. The molecular weight excluding hydrogens is 123 g/mol. The van der Waals surface area contributed by atoms with Gasteiger partial charge in [0.05, 0.1) is 0 Å². The molecule has 0 aromatic heterocycles. The van der Waals surface area contributed by atoms with Gasteiger partial charge in [0.1, 0.15) is 0 Å². The highest BCUT2D eigenvalue weighted by Gasteiger charge is 2.10. The van der Waals surface area contributed by atoms with Crippen LogP contribution in [-0.4, -0.2) is 64.8 Å². The van der Waals surface area contributed by atoms with Crippen molar-refractivity contribution in [2.75, 3.05) is 26.4 Å². The lowest BCUT2D eigenvalue weighted by Gasteiger charge is -2.21. The summed E-state index contributed by atoms with van der Waals surface area (Å²) in [6, 6.07) is 0. The summed E-state index contributed by atoms with van der Waals surface area (Å²) in [6.07, 6.45) is 0. The van der Waals surface area contributed by atoms with Crippen LogP contribution in [0.1, 0.15) is 0 Å². The molecule has 1 heterocycles. The van der Waals surface area contributed by atoms with Crippen molar-refractivity contribution in [1.82, 2.24) is 14.4 Å². The van der Waals surface area contributed by atoms with Gasteiger partial charge in [-0.25, -0.2) is 0 Å². The van der Waals surface area contributed by atoms with Crippen LogP contribution in [0.4, 0.5) is 0 Å². The predicted molar refractivity (Wildman–Crippen MR) is 42.2 cm³/mol. The van der Waals surface area contributed by atoms with E-state index in [9.17, 15) is 0 Å². The van der Waals surface area contributed by atoms with Crippen LogP contribution < -0.4 is 0 Å². The Morgan fingerprint density at radius 2 is 1.10 bits per heavy atom. The molecule has 0 aliphatic carbocycles. The van der Waals surface area contributed by atoms with Crippen molar-refractivity contribution < 1.29 is 0 Å². The zero-order valence-electron chi connectivity index (χ0n) is 5.90. The molecule has 1 fully saturated rings. The molecule has 0 amide bonds. The van der Waals surface area contributed by atoms with E-state index in [4.69, 9.17) is 23.9 Å². The van der Waals surface area contributed by atoms with Gasteiger partial charge in [-0.15, -0.1) is 0 Å². The number of rotatable bonds is 0. The quantitative estimate of drug-likeness (QED) is 0.354. The number of hydrogen-bond acceptors (Lipinski definition) is 3.